The van der Waals surface area contributed by atoms with Crippen LogP contribution in [0.5, 0.6) is 5.75 Å². The van der Waals surface area contributed by atoms with Gasteiger partial charge in [0.1, 0.15) is 11.8 Å². The van der Waals surface area contributed by atoms with Crippen molar-refractivity contribution < 1.29 is 14.3 Å². The molecule has 5 rings (SSSR count). The number of nitrogens with zero attached hydrogens (tertiary/aromatic N) is 2. The van der Waals surface area contributed by atoms with E-state index in [1.54, 1.807) is 18.3 Å². The van der Waals surface area contributed by atoms with Gasteiger partial charge in [-0.05, 0) is 84.9 Å². The van der Waals surface area contributed by atoms with Crippen molar-refractivity contribution in [2.45, 2.75) is 64.8 Å². The van der Waals surface area contributed by atoms with Gasteiger partial charge in [-0.1, -0.05) is 39.3 Å². The molecule has 3 atom stereocenters. The highest BCUT2D eigenvalue weighted by atomic mass is 16.5. The summed E-state index contributed by atoms with van der Waals surface area (Å²) in [4.78, 5) is 30.8. The van der Waals surface area contributed by atoms with Crippen molar-refractivity contribution in [1.29, 1.82) is 5.26 Å². The summed E-state index contributed by atoms with van der Waals surface area (Å²) in [6.07, 6.45) is 6.48. The molecule has 206 valence electrons. The number of benzene rings is 2. The Bertz CT molecular complexity index is 1500. The first kappa shape index (κ1) is 27.4. The molecule has 2 aliphatic rings. The highest BCUT2D eigenvalue weighted by Crippen LogP contribution is 2.44. The van der Waals surface area contributed by atoms with Gasteiger partial charge in [0.25, 0.3) is 11.8 Å². The number of ether oxygens (including phenoxy) is 1. The molecule has 2 amide bonds. The summed E-state index contributed by atoms with van der Waals surface area (Å²) in [5, 5.41) is 15.9. The standard InChI is InChI=1S/C33H36N4O3/c1-19-27(21-8-10-22(11-9-21)31(38)37-29-13-20-6-7-23(29)12-20)16-26(18-35-19)36-32(39)28-15-25(33(2,3)4)14-24(17-34)30(28)40-5/h8-11,14-16,18,20,23,29H,6-7,12-13H2,1-5H3,(H,36,39)(H,37,38)/t20-,23-,29+/m1/s1. The predicted octanol–water partition coefficient (Wildman–Crippen LogP) is 6.41. The fourth-order valence-corrected chi connectivity index (χ4v) is 6.10. The number of methoxy groups -OCH3 is 1. The molecule has 40 heavy (non-hydrogen) atoms. The van der Waals surface area contributed by atoms with Gasteiger partial charge < -0.3 is 15.4 Å². The first-order chi connectivity index (χ1) is 19.1. The molecule has 2 saturated carbocycles. The molecule has 0 aliphatic heterocycles. The van der Waals surface area contributed by atoms with E-state index in [1.807, 2.05) is 58.0 Å². The molecule has 2 fully saturated rings. The van der Waals surface area contributed by atoms with Gasteiger partial charge in [-0.25, -0.2) is 0 Å². The van der Waals surface area contributed by atoms with Gasteiger partial charge in [-0.15, -0.1) is 0 Å². The van der Waals surface area contributed by atoms with Crippen molar-refractivity contribution in [1.82, 2.24) is 10.3 Å². The first-order valence-electron chi connectivity index (χ1n) is 13.9. The minimum atomic E-state index is -0.385. The summed E-state index contributed by atoms with van der Waals surface area (Å²) >= 11 is 0. The second-order valence-corrected chi connectivity index (χ2v) is 12.1. The maximum Gasteiger partial charge on any atom is 0.259 e. The third-order valence-electron chi connectivity index (χ3n) is 8.38. The van der Waals surface area contributed by atoms with Gasteiger partial charge in [-0.3, -0.25) is 14.6 Å². The van der Waals surface area contributed by atoms with Gasteiger partial charge in [0.15, 0.2) is 0 Å². The van der Waals surface area contributed by atoms with Crippen LogP contribution in [0.3, 0.4) is 0 Å². The maximum absolute atomic E-state index is 13.4. The van der Waals surface area contributed by atoms with Crippen LogP contribution in [0.25, 0.3) is 11.1 Å². The lowest BCUT2D eigenvalue weighted by molar-refractivity contribution is 0.0922. The van der Waals surface area contributed by atoms with Crippen molar-refractivity contribution in [2.75, 3.05) is 12.4 Å². The number of aromatic nitrogens is 1. The molecule has 7 heteroatoms. The molecular formula is C33H36N4O3. The molecule has 0 radical (unpaired) electrons. The third-order valence-corrected chi connectivity index (χ3v) is 8.38. The summed E-state index contributed by atoms with van der Waals surface area (Å²) in [6.45, 7) is 8.00. The number of nitrogens with one attached hydrogen (secondary N) is 2. The van der Waals surface area contributed by atoms with E-state index < -0.39 is 0 Å². The average molecular weight is 537 g/mol. The largest absolute Gasteiger partial charge is 0.495 e. The monoisotopic (exact) mass is 536 g/mol. The number of amides is 2. The fourth-order valence-electron chi connectivity index (χ4n) is 6.10. The Hall–Kier alpha value is -4.18. The number of aryl methyl sites for hydroxylation is 1. The Labute approximate surface area is 236 Å². The van der Waals surface area contributed by atoms with Crippen LogP contribution in [0, 0.1) is 30.1 Å². The number of hydrogen-bond donors (Lipinski definition) is 2. The zero-order valence-electron chi connectivity index (χ0n) is 23.8. The molecule has 2 N–H and O–H groups in total. The second-order valence-electron chi connectivity index (χ2n) is 12.1. The predicted molar refractivity (Wildman–Crippen MR) is 155 cm³/mol. The van der Waals surface area contributed by atoms with Crippen molar-refractivity contribution >= 4 is 17.5 Å². The van der Waals surface area contributed by atoms with Crippen molar-refractivity contribution in [2.24, 2.45) is 11.8 Å². The van der Waals surface area contributed by atoms with Gasteiger partial charge >= 0.3 is 0 Å². The van der Waals surface area contributed by atoms with Gasteiger partial charge in [0, 0.05) is 22.9 Å². The van der Waals surface area contributed by atoms with E-state index in [4.69, 9.17) is 4.74 Å². The second kappa shape index (κ2) is 10.8. The minimum Gasteiger partial charge on any atom is -0.495 e. The van der Waals surface area contributed by atoms with Crippen LogP contribution in [0.15, 0.2) is 48.7 Å². The molecular weight excluding hydrogens is 500 g/mol. The van der Waals surface area contributed by atoms with E-state index in [0.717, 1.165) is 34.7 Å². The lowest BCUT2D eigenvalue weighted by atomic mass is 9.84. The Balaban J connectivity index is 1.35. The Morgan fingerprint density at radius 1 is 1.05 bits per heavy atom. The van der Waals surface area contributed by atoms with Gasteiger partial charge in [-0.2, -0.15) is 5.26 Å². The number of nitriles is 1. The Morgan fingerprint density at radius 3 is 2.40 bits per heavy atom. The molecule has 2 aliphatic carbocycles. The molecule has 0 saturated heterocycles. The van der Waals surface area contributed by atoms with E-state index in [-0.39, 0.29) is 23.0 Å². The van der Waals surface area contributed by atoms with Crippen LogP contribution in [0.4, 0.5) is 5.69 Å². The molecule has 2 aromatic carbocycles. The topological polar surface area (TPSA) is 104 Å². The summed E-state index contributed by atoms with van der Waals surface area (Å²) in [6, 6.07) is 15.4. The van der Waals surface area contributed by atoms with Crippen LogP contribution in [-0.2, 0) is 5.41 Å². The van der Waals surface area contributed by atoms with Crippen molar-refractivity contribution in [3.63, 3.8) is 0 Å². The lowest BCUT2D eigenvalue weighted by Gasteiger charge is -2.23. The highest BCUT2D eigenvalue weighted by molar-refractivity contribution is 6.07. The van der Waals surface area contributed by atoms with E-state index in [2.05, 4.69) is 21.7 Å². The fraction of sp³-hybridized carbons (Fsp3) is 0.394. The average Bonchev–Trinajstić information content (AvgIpc) is 3.56. The smallest absolute Gasteiger partial charge is 0.259 e. The Morgan fingerprint density at radius 2 is 1.80 bits per heavy atom. The van der Waals surface area contributed by atoms with E-state index in [1.165, 1.54) is 26.4 Å². The number of pyridine rings is 1. The van der Waals surface area contributed by atoms with E-state index >= 15 is 0 Å². The molecule has 2 bridgehead atoms. The minimum absolute atomic E-state index is 0.0249. The number of anilines is 1. The number of carbonyl (C=O) groups excluding carboxylic acids is 2. The number of rotatable bonds is 6. The molecule has 0 spiro atoms. The number of carbonyl (C=O) groups is 2. The van der Waals surface area contributed by atoms with Crippen molar-refractivity contribution in [3.05, 3.63) is 76.6 Å². The SMILES string of the molecule is COc1c(C#N)cc(C(C)(C)C)cc1C(=O)Nc1cnc(C)c(-c2ccc(C(=O)N[C@H]3C[C@@H]4CC[C@@H]3C4)cc2)c1. The maximum atomic E-state index is 13.4. The normalized spacial score (nSPS) is 19.6. The first-order valence-corrected chi connectivity index (χ1v) is 13.9. The van der Waals surface area contributed by atoms with E-state index in [0.29, 0.717) is 34.3 Å². The summed E-state index contributed by atoms with van der Waals surface area (Å²) in [5.41, 5.74) is 4.92. The lowest BCUT2D eigenvalue weighted by Crippen LogP contribution is -2.38. The third kappa shape index (κ3) is 5.44. The number of hydrogen-bond acceptors (Lipinski definition) is 5. The molecule has 7 nitrogen and oxygen atoms in total. The molecule has 3 aromatic rings. The van der Waals surface area contributed by atoms with Crippen LogP contribution in [0.1, 0.15) is 84.0 Å². The van der Waals surface area contributed by atoms with Crippen LogP contribution < -0.4 is 15.4 Å². The summed E-state index contributed by atoms with van der Waals surface area (Å²) in [7, 11) is 1.46. The summed E-state index contributed by atoms with van der Waals surface area (Å²) < 4.78 is 5.46. The van der Waals surface area contributed by atoms with Gasteiger partial charge in [0.05, 0.1) is 30.1 Å². The molecule has 0 unspecified atom stereocenters. The Kier molecular flexibility index (Phi) is 7.37. The van der Waals surface area contributed by atoms with Crippen LogP contribution in [0.2, 0.25) is 0 Å². The quantitative estimate of drug-likeness (QED) is 0.379. The van der Waals surface area contributed by atoms with Crippen molar-refractivity contribution in [3.8, 4) is 22.9 Å². The van der Waals surface area contributed by atoms with E-state index in [9.17, 15) is 14.9 Å². The highest BCUT2D eigenvalue weighted by Gasteiger charge is 2.40. The zero-order chi connectivity index (χ0) is 28.6. The molecule has 1 aromatic heterocycles. The number of fused-ring (bicyclic) bond motifs is 2. The van der Waals surface area contributed by atoms with Gasteiger partial charge in [0.2, 0.25) is 0 Å². The zero-order valence-corrected chi connectivity index (χ0v) is 23.8. The van der Waals surface area contributed by atoms with Crippen LogP contribution in [-0.4, -0.2) is 29.9 Å². The van der Waals surface area contributed by atoms with Crippen LogP contribution >= 0.6 is 0 Å². The summed E-state index contributed by atoms with van der Waals surface area (Å²) in [5.74, 6) is 1.24. The molecule has 1 heterocycles.